The third-order valence-corrected chi connectivity index (χ3v) is 7.31. The summed E-state index contributed by atoms with van der Waals surface area (Å²) < 4.78 is 1.79. The van der Waals surface area contributed by atoms with Gasteiger partial charge in [-0.05, 0) is 50.8 Å². The lowest BCUT2D eigenvalue weighted by Crippen LogP contribution is -2.32. The summed E-state index contributed by atoms with van der Waals surface area (Å²) in [6.45, 7) is 2.00. The van der Waals surface area contributed by atoms with Gasteiger partial charge in [0.15, 0.2) is 11.6 Å². The van der Waals surface area contributed by atoms with Gasteiger partial charge in [0.05, 0.1) is 23.4 Å². The second-order valence-corrected chi connectivity index (χ2v) is 10.1. The molecule has 1 aromatic heterocycles. The zero-order valence-electron chi connectivity index (χ0n) is 22.0. The summed E-state index contributed by atoms with van der Waals surface area (Å²) in [5.74, 6) is 0.00876. The summed E-state index contributed by atoms with van der Waals surface area (Å²) in [6.07, 6.45) is 1.41. The molecule has 2 amide bonds. The van der Waals surface area contributed by atoms with Gasteiger partial charge in [0.25, 0.3) is 11.8 Å². The van der Waals surface area contributed by atoms with Crippen molar-refractivity contribution >= 4 is 29.2 Å². The SMILES string of the molecule is CCC(Cc1nnc(CN2C(=O)c3ccccc3C2=O)n1-c1ccc(Cl)cc1C(=O)c1ccccc1)N(C)C. The molecular weight excluding hydrogens is 514 g/mol. The molecule has 0 saturated heterocycles. The number of carbonyl (C=O) groups is 3. The number of imide groups is 1. The minimum absolute atomic E-state index is 0.0975. The van der Waals surface area contributed by atoms with E-state index < -0.39 is 0 Å². The van der Waals surface area contributed by atoms with E-state index in [2.05, 4.69) is 22.0 Å². The molecular formula is C30H28ClN5O3. The van der Waals surface area contributed by atoms with Gasteiger partial charge >= 0.3 is 0 Å². The minimum atomic E-state index is -0.386. The van der Waals surface area contributed by atoms with Crippen molar-refractivity contribution in [2.45, 2.75) is 32.4 Å². The number of rotatable bonds is 9. The number of aromatic nitrogens is 3. The highest BCUT2D eigenvalue weighted by Crippen LogP contribution is 2.29. The van der Waals surface area contributed by atoms with E-state index in [9.17, 15) is 14.4 Å². The number of hydrogen-bond donors (Lipinski definition) is 0. The van der Waals surface area contributed by atoms with E-state index in [1.807, 2.05) is 20.2 Å². The number of fused-ring (bicyclic) bond motifs is 1. The Morgan fingerprint density at radius 3 is 2.13 bits per heavy atom. The molecule has 198 valence electrons. The first-order chi connectivity index (χ1) is 18.8. The Bertz CT molecular complexity index is 1530. The average Bonchev–Trinajstić information content (AvgIpc) is 3.45. The van der Waals surface area contributed by atoms with Gasteiger partial charge in [0.1, 0.15) is 5.82 Å². The zero-order chi connectivity index (χ0) is 27.7. The van der Waals surface area contributed by atoms with E-state index in [0.717, 1.165) is 6.42 Å². The first-order valence-corrected chi connectivity index (χ1v) is 13.1. The minimum Gasteiger partial charge on any atom is -0.306 e. The van der Waals surface area contributed by atoms with E-state index in [1.165, 1.54) is 4.90 Å². The third kappa shape index (κ3) is 5.01. The van der Waals surface area contributed by atoms with Gasteiger partial charge < -0.3 is 4.90 Å². The number of benzene rings is 3. The summed E-state index contributed by atoms with van der Waals surface area (Å²) in [4.78, 5) is 43.3. The first kappa shape index (κ1) is 26.5. The predicted molar refractivity (Wildman–Crippen MR) is 148 cm³/mol. The summed E-state index contributed by atoms with van der Waals surface area (Å²) in [5.41, 5.74) is 2.14. The van der Waals surface area contributed by atoms with Crippen molar-refractivity contribution in [1.82, 2.24) is 24.6 Å². The number of halogens is 1. The number of carbonyl (C=O) groups excluding carboxylic acids is 3. The van der Waals surface area contributed by atoms with Crippen molar-refractivity contribution < 1.29 is 14.4 Å². The molecule has 0 aliphatic carbocycles. The van der Waals surface area contributed by atoms with Crippen LogP contribution in [0.2, 0.25) is 5.02 Å². The van der Waals surface area contributed by atoms with Crippen LogP contribution in [-0.4, -0.2) is 62.3 Å². The lowest BCUT2D eigenvalue weighted by Gasteiger charge is -2.23. The molecule has 0 spiro atoms. The van der Waals surface area contributed by atoms with Gasteiger partial charge in [-0.1, -0.05) is 61.0 Å². The van der Waals surface area contributed by atoms with Crippen molar-refractivity contribution in [3.63, 3.8) is 0 Å². The summed E-state index contributed by atoms with van der Waals surface area (Å²) >= 11 is 6.37. The highest BCUT2D eigenvalue weighted by atomic mass is 35.5. The monoisotopic (exact) mass is 541 g/mol. The van der Waals surface area contributed by atoms with E-state index >= 15 is 0 Å². The Morgan fingerprint density at radius 1 is 0.897 bits per heavy atom. The maximum atomic E-state index is 13.7. The van der Waals surface area contributed by atoms with E-state index in [0.29, 0.717) is 51.0 Å². The van der Waals surface area contributed by atoms with Crippen LogP contribution in [0.15, 0.2) is 72.8 Å². The molecule has 5 rings (SSSR count). The molecule has 0 saturated carbocycles. The van der Waals surface area contributed by atoms with Crippen LogP contribution in [-0.2, 0) is 13.0 Å². The van der Waals surface area contributed by atoms with Crippen LogP contribution < -0.4 is 0 Å². The Morgan fingerprint density at radius 2 is 1.51 bits per heavy atom. The Balaban J connectivity index is 1.63. The fourth-order valence-electron chi connectivity index (χ4n) is 4.92. The number of likely N-dealkylation sites (N-methyl/N-ethyl adjacent to an activating group) is 1. The molecule has 3 aromatic carbocycles. The van der Waals surface area contributed by atoms with Crippen molar-refractivity contribution in [3.8, 4) is 5.69 Å². The Hall–Kier alpha value is -4.14. The van der Waals surface area contributed by atoms with Gasteiger partial charge in [-0.2, -0.15) is 0 Å². The maximum Gasteiger partial charge on any atom is 0.261 e. The normalized spacial score (nSPS) is 13.7. The Kier molecular flexibility index (Phi) is 7.41. The van der Waals surface area contributed by atoms with E-state index in [-0.39, 0.29) is 30.2 Å². The van der Waals surface area contributed by atoms with Gasteiger partial charge in [-0.15, -0.1) is 10.2 Å². The van der Waals surface area contributed by atoms with E-state index in [1.54, 1.807) is 71.3 Å². The number of nitrogens with zero attached hydrogens (tertiary/aromatic N) is 5. The van der Waals surface area contributed by atoms with Gasteiger partial charge in [-0.25, -0.2) is 0 Å². The molecule has 0 N–H and O–H groups in total. The van der Waals surface area contributed by atoms with Crippen molar-refractivity contribution in [2.75, 3.05) is 14.1 Å². The zero-order valence-corrected chi connectivity index (χ0v) is 22.7. The second-order valence-electron chi connectivity index (χ2n) is 9.70. The predicted octanol–water partition coefficient (Wildman–Crippen LogP) is 4.83. The molecule has 9 heteroatoms. The van der Waals surface area contributed by atoms with Crippen LogP contribution in [0.4, 0.5) is 0 Å². The van der Waals surface area contributed by atoms with Crippen molar-refractivity contribution in [3.05, 3.63) is 112 Å². The second kappa shape index (κ2) is 10.9. The highest BCUT2D eigenvalue weighted by Gasteiger charge is 2.36. The number of ketones is 1. The lowest BCUT2D eigenvalue weighted by molar-refractivity contribution is 0.0637. The molecule has 1 aliphatic heterocycles. The third-order valence-electron chi connectivity index (χ3n) is 7.07. The topological polar surface area (TPSA) is 88.4 Å². The fourth-order valence-corrected chi connectivity index (χ4v) is 5.10. The van der Waals surface area contributed by atoms with Crippen molar-refractivity contribution in [1.29, 1.82) is 0 Å². The van der Waals surface area contributed by atoms with Crippen LogP contribution >= 0.6 is 11.6 Å². The molecule has 0 bridgehead atoms. The lowest BCUT2D eigenvalue weighted by atomic mass is 10.0. The van der Waals surface area contributed by atoms with E-state index in [4.69, 9.17) is 11.6 Å². The summed E-state index contributed by atoms with van der Waals surface area (Å²) in [5, 5.41) is 9.34. The molecule has 0 radical (unpaired) electrons. The summed E-state index contributed by atoms with van der Waals surface area (Å²) in [6, 6.07) is 20.9. The number of hydrogen-bond acceptors (Lipinski definition) is 6. The van der Waals surface area contributed by atoms with Crippen LogP contribution in [0.3, 0.4) is 0 Å². The largest absolute Gasteiger partial charge is 0.306 e. The molecule has 1 aliphatic rings. The maximum absolute atomic E-state index is 13.7. The van der Waals surface area contributed by atoms with Crippen molar-refractivity contribution in [2.24, 2.45) is 0 Å². The average molecular weight is 542 g/mol. The van der Waals surface area contributed by atoms with Crippen LogP contribution in [0.5, 0.6) is 0 Å². The summed E-state index contributed by atoms with van der Waals surface area (Å²) in [7, 11) is 4.00. The highest BCUT2D eigenvalue weighted by molar-refractivity contribution is 6.31. The van der Waals surface area contributed by atoms with Crippen LogP contribution in [0.1, 0.15) is 61.6 Å². The standard InChI is InChI=1S/C30H28ClN5O3/c1-4-21(34(2)3)17-26-32-33-27(18-35-29(38)22-12-8-9-13-23(22)30(35)39)36(26)25-15-14-20(31)16-24(25)28(37)19-10-6-5-7-11-19/h5-16,21H,4,17-18H2,1-3H3. The van der Waals surface area contributed by atoms with Crippen LogP contribution in [0.25, 0.3) is 5.69 Å². The van der Waals surface area contributed by atoms with Crippen LogP contribution in [0, 0.1) is 0 Å². The molecule has 1 atom stereocenters. The molecule has 1 unspecified atom stereocenters. The molecule has 0 fully saturated rings. The molecule has 8 nitrogen and oxygen atoms in total. The molecule has 4 aromatic rings. The van der Waals surface area contributed by atoms with Gasteiger partial charge in [-0.3, -0.25) is 23.9 Å². The van der Waals surface area contributed by atoms with Gasteiger partial charge in [0.2, 0.25) is 0 Å². The molecule has 2 heterocycles. The number of amides is 2. The Labute approximate surface area is 231 Å². The first-order valence-electron chi connectivity index (χ1n) is 12.7. The quantitative estimate of drug-likeness (QED) is 0.223. The van der Waals surface area contributed by atoms with Gasteiger partial charge in [0, 0.05) is 28.6 Å². The molecule has 39 heavy (non-hydrogen) atoms. The smallest absolute Gasteiger partial charge is 0.261 e. The fraction of sp³-hybridized carbons (Fsp3) is 0.233.